The van der Waals surface area contributed by atoms with Crippen molar-refractivity contribution in [3.63, 3.8) is 0 Å². The summed E-state index contributed by atoms with van der Waals surface area (Å²) < 4.78 is 26.6. The van der Waals surface area contributed by atoms with Gasteiger partial charge in [-0.25, -0.2) is 0 Å². The Kier molecular flexibility index (Phi) is 6.83. The molecule has 12 heteroatoms. The lowest BCUT2D eigenvalue weighted by Crippen LogP contribution is -2.59. The van der Waals surface area contributed by atoms with Crippen molar-refractivity contribution in [2.24, 2.45) is 0 Å². The molecule has 4 rings (SSSR count). The van der Waals surface area contributed by atoms with E-state index in [1.54, 1.807) is 0 Å². The quantitative estimate of drug-likeness (QED) is 0.210. The van der Waals surface area contributed by atoms with Crippen LogP contribution in [0.3, 0.4) is 0 Å². The smallest absolute Gasteiger partial charge is 0.269 e. The number of benzene rings is 2. The number of ether oxygens (including phenoxy) is 5. The number of methoxy groups -OCH3 is 1. The molecule has 0 radical (unpaired) electrons. The van der Waals surface area contributed by atoms with E-state index in [4.69, 9.17) is 18.9 Å². The molecular weight excluding hydrogens is 468 g/mol. The lowest BCUT2D eigenvalue weighted by Gasteiger charge is -2.41. The Balaban J connectivity index is 1.79. The van der Waals surface area contributed by atoms with Gasteiger partial charge >= 0.3 is 0 Å². The van der Waals surface area contributed by atoms with E-state index in [1.165, 1.54) is 44.6 Å². The molecule has 0 bridgehead atoms. The van der Waals surface area contributed by atoms with Gasteiger partial charge in [-0.1, -0.05) is 0 Å². The molecule has 0 spiro atoms. The third-order valence-corrected chi connectivity index (χ3v) is 5.84. The molecule has 2 aliphatic rings. The van der Waals surface area contributed by atoms with E-state index in [9.17, 15) is 35.7 Å². The van der Waals surface area contributed by atoms with Gasteiger partial charge in [0.05, 0.1) is 19.8 Å². The molecule has 2 aromatic rings. The average molecular weight is 495 g/mol. The van der Waals surface area contributed by atoms with Gasteiger partial charge in [-0.05, 0) is 12.1 Å². The van der Waals surface area contributed by atoms with E-state index < -0.39 is 54.9 Å². The van der Waals surface area contributed by atoms with Gasteiger partial charge in [0.25, 0.3) is 5.75 Å². The first-order valence-corrected chi connectivity index (χ1v) is 10.6. The number of hydrogen-bond donors (Lipinski definition) is 7. The summed E-state index contributed by atoms with van der Waals surface area (Å²) in [5.74, 6) is -0.534. The number of aliphatic hydroxyl groups excluding tert-OH is 4. The highest BCUT2D eigenvalue weighted by Crippen LogP contribution is 2.47. The van der Waals surface area contributed by atoms with Crippen molar-refractivity contribution in [3.8, 4) is 34.5 Å². The van der Waals surface area contributed by atoms with Crippen LogP contribution in [-0.2, 0) is 9.47 Å². The standard InChI is InChI=1S/C23H26O12/c1-31-13-5-10(25)6-14-11(13)7-16(34-23-21(30)20(29)19(28)17(8-24)35-23)22(33-14)9-3-12(26)18(27)15(4-9)32-2/h3-7,17,19-30H,8H2,1-2H3/p+1/t17-,19-,20-,21+,22?,23+/m0/s1. The van der Waals surface area contributed by atoms with Crippen molar-refractivity contribution in [2.75, 3.05) is 20.8 Å². The van der Waals surface area contributed by atoms with Gasteiger partial charge in [-0.3, -0.25) is 0 Å². The monoisotopic (exact) mass is 495 g/mol. The molecule has 8 N–H and O–H groups in total. The summed E-state index contributed by atoms with van der Waals surface area (Å²) in [6.45, 7) is -0.645. The first-order chi connectivity index (χ1) is 16.7. The number of hydrogen-bond acceptors (Lipinski definition) is 11. The number of aliphatic hydroxyl groups is 5. The summed E-state index contributed by atoms with van der Waals surface area (Å²) in [5.41, 5.74) is 0.688. The number of phenols is 3. The van der Waals surface area contributed by atoms with Gasteiger partial charge in [0.15, 0.2) is 24.7 Å². The van der Waals surface area contributed by atoms with Crippen LogP contribution in [0.5, 0.6) is 34.5 Å². The Morgan fingerprint density at radius 3 is 2.40 bits per heavy atom. The molecule has 35 heavy (non-hydrogen) atoms. The molecule has 0 amide bonds. The van der Waals surface area contributed by atoms with Gasteiger partial charge < -0.3 is 59.4 Å². The highest BCUT2D eigenvalue weighted by Gasteiger charge is 2.46. The summed E-state index contributed by atoms with van der Waals surface area (Å²) in [5, 5.41) is 70.4. The zero-order valence-corrected chi connectivity index (χ0v) is 18.8. The fourth-order valence-electron chi connectivity index (χ4n) is 3.98. The molecule has 1 unspecified atom stereocenters. The van der Waals surface area contributed by atoms with Crippen molar-refractivity contribution >= 4 is 6.08 Å². The molecule has 0 aromatic heterocycles. The van der Waals surface area contributed by atoms with Crippen LogP contribution in [0.2, 0.25) is 0 Å². The fraction of sp³-hybridized carbons (Fsp3) is 0.391. The Morgan fingerprint density at radius 1 is 1.00 bits per heavy atom. The van der Waals surface area contributed by atoms with Crippen LogP contribution in [0.15, 0.2) is 30.0 Å². The molecule has 0 aliphatic carbocycles. The summed E-state index contributed by atoms with van der Waals surface area (Å²) >= 11 is 0. The maximum Gasteiger partial charge on any atom is 0.269 e. The summed E-state index contributed by atoms with van der Waals surface area (Å²) in [6.07, 6.45) is -7.24. The summed E-state index contributed by atoms with van der Waals surface area (Å²) in [4.78, 5) is 0. The number of aromatic hydroxyl groups is 4. The van der Waals surface area contributed by atoms with Crippen molar-refractivity contribution in [1.82, 2.24) is 0 Å². The molecule has 0 saturated carbocycles. The zero-order chi connectivity index (χ0) is 25.4. The topological polar surface area (TPSA) is 191 Å². The van der Waals surface area contributed by atoms with E-state index in [-0.39, 0.29) is 28.6 Å². The maximum atomic E-state index is 10.4. The van der Waals surface area contributed by atoms with E-state index in [0.29, 0.717) is 11.3 Å². The van der Waals surface area contributed by atoms with Crippen LogP contribution in [0, 0.1) is 0 Å². The van der Waals surface area contributed by atoms with Crippen molar-refractivity contribution in [1.29, 1.82) is 0 Å². The molecule has 190 valence electrons. The highest BCUT2D eigenvalue weighted by molar-refractivity contribution is 5.70. The van der Waals surface area contributed by atoms with Gasteiger partial charge in [-0.15, -0.1) is 0 Å². The summed E-state index contributed by atoms with van der Waals surface area (Å²) in [6, 6.07) is 5.37. The van der Waals surface area contributed by atoms with Crippen molar-refractivity contribution < 1.29 is 59.4 Å². The molecule has 2 heterocycles. The molecule has 1 fully saturated rings. The maximum absolute atomic E-state index is 10.4. The van der Waals surface area contributed by atoms with Crippen molar-refractivity contribution in [3.05, 3.63) is 41.2 Å². The number of fused-ring (bicyclic) bond motifs is 1. The average Bonchev–Trinajstić information content (AvgIpc) is 2.85. The van der Waals surface area contributed by atoms with Crippen LogP contribution >= 0.6 is 0 Å². The fourth-order valence-corrected chi connectivity index (χ4v) is 3.98. The van der Waals surface area contributed by atoms with Gasteiger partial charge in [0.2, 0.25) is 12.0 Å². The van der Waals surface area contributed by atoms with E-state index in [1.807, 2.05) is 0 Å². The second-order valence-electron chi connectivity index (χ2n) is 8.05. The molecule has 6 atom stereocenters. The van der Waals surface area contributed by atoms with Gasteiger partial charge in [-0.2, -0.15) is 0 Å². The van der Waals surface area contributed by atoms with Crippen LogP contribution in [0.4, 0.5) is 0 Å². The SMILES string of the molecule is COc1cc(C2Oc3cc(O)cc([OH+]C)c3C=C2O[C@@H]2O[C@@H](CO)[C@H](O)[C@H](O)[C@H]2O)cc(O)c1O. The minimum absolute atomic E-state index is 0.0320. The first-order valence-electron chi connectivity index (χ1n) is 10.6. The van der Waals surface area contributed by atoms with Crippen LogP contribution in [0.25, 0.3) is 6.08 Å². The predicted molar refractivity (Wildman–Crippen MR) is 118 cm³/mol. The molecular formula is C23H27O12+. The minimum atomic E-state index is -1.69. The minimum Gasteiger partial charge on any atom is -0.584 e. The largest absolute Gasteiger partial charge is 0.584 e. The second kappa shape index (κ2) is 9.68. The van der Waals surface area contributed by atoms with Crippen LogP contribution in [0.1, 0.15) is 17.2 Å². The Labute approximate surface area is 199 Å². The Morgan fingerprint density at radius 2 is 1.74 bits per heavy atom. The predicted octanol–water partition coefficient (Wildman–Crippen LogP) is -0.0258. The van der Waals surface area contributed by atoms with E-state index >= 15 is 0 Å². The van der Waals surface area contributed by atoms with E-state index in [0.717, 1.165) is 0 Å². The second-order valence-corrected chi connectivity index (χ2v) is 8.05. The number of phenolic OH excluding ortho intramolecular Hbond substituents is 3. The third kappa shape index (κ3) is 4.49. The number of rotatable bonds is 6. The molecule has 2 aliphatic heterocycles. The third-order valence-electron chi connectivity index (χ3n) is 5.84. The Hall–Kier alpha value is -3.42. The van der Waals surface area contributed by atoms with Gasteiger partial charge in [0.1, 0.15) is 47.2 Å². The highest BCUT2D eigenvalue weighted by atomic mass is 16.7. The molecule has 12 nitrogen and oxygen atoms in total. The zero-order valence-electron chi connectivity index (χ0n) is 18.8. The van der Waals surface area contributed by atoms with Crippen LogP contribution in [-0.4, -0.2) is 92.0 Å². The molecule has 1 saturated heterocycles. The molecule has 2 aromatic carbocycles. The summed E-state index contributed by atoms with van der Waals surface area (Å²) in [7, 11) is 2.81. The van der Waals surface area contributed by atoms with Crippen LogP contribution < -0.4 is 9.47 Å². The van der Waals surface area contributed by atoms with Crippen molar-refractivity contribution in [2.45, 2.75) is 36.8 Å². The normalized spacial score (nSPS) is 27.9. The Bertz CT molecular complexity index is 1110. The van der Waals surface area contributed by atoms with Gasteiger partial charge in [0, 0.05) is 17.7 Å². The first kappa shape index (κ1) is 24.7. The lowest BCUT2D eigenvalue weighted by molar-refractivity contribution is -0.293. The van der Waals surface area contributed by atoms with E-state index in [2.05, 4.69) is 4.74 Å². The lowest BCUT2D eigenvalue weighted by atomic mass is 9.98.